The second kappa shape index (κ2) is 10.0. The number of nitrogens with zero attached hydrogens (tertiary/aromatic N) is 1. The van der Waals surface area contributed by atoms with E-state index in [-0.39, 0.29) is 28.9 Å². The molecule has 1 unspecified atom stereocenters. The Hall–Kier alpha value is -2.46. The molecule has 1 atom stereocenters. The third-order valence-electron chi connectivity index (χ3n) is 4.53. The minimum absolute atomic E-state index is 0. The van der Waals surface area contributed by atoms with Crippen LogP contribution in [0.25, 0.3) is 11.1 Å². The number of aromatic nitrogens is 1. The van der Waals surface area contributed by atoms with Gasteiger partial charge in [-0.15, -0.1) is 0 Å². The number of hydrogen-bond donors (Lipinski definition) is 1. The number of pyridine rings is 1. The van der Waals surface area contributed by atoms with E-state index in [1.807, 2.05) is 6.07 Å². The fraction of sp³-hybridized carbons (Fsp3) is 0.217. The van der Waals surface area contributed by atoms with Gasteiger partial charge >= 0.3 is 0 Å². The highest BCUT2D eigenvalue weighted by Crippen LogP contribution is 2.22. The van der Waals surface area contributed by atoms with Gasteiger partial charge in [0.25, 0.3) is 0 Å². The molecule has 0 bridgehead atoms. The van der Waals surface area contributed by atoms with Gasteiger partial charge in [0.15, 0.2) is 18.9 Å². The Morgan fingerprint density at radius 2 is 1.52 bits per heavy atom. The average Bonchev–Trinajstić information content (AvgIpc) is 2.68. The van der Waals surface area contributed by atoms with Gasteiger partial charge in [-0.3, -0.25) is 4.79 Å². The van der Waals surface area contributed by atoms with Crippen molar-refractivity contribution < 1.29 is 26.3 Å². The topological polar surface area (TPSA) is 33.0 Å². The summed E-state index contributed by atoms with van der Waals surface area (Å²) in [6.45, 7) is 4.51. The van der Waals surface area contributed by atoms with Gasteiger partial charge in [0.1, 0.15) is 0 Å². The second-order valence-electron chi connectivity index (χ2n) is 6.53. The summed E-state index contributed by atoms with van der Waals surface area (Å²) in [5, 5.41) is 2.99. The zero-order valence-corrected chi connectivity index (χ0v) is 17.3. The van der Waals surface area contributed by atoms with E-state index in [4.69, 9.17) is 0 Å². The fourth-order valence-corrected chi connectivity index (χ4v) is 3.12. The van der Waals surface area contributed by atoms with Crippen LogP contribution in [0.4, 0.5) is 0 Å². The maximum absolute atomic E-state index is 11.3. The summed E-state index contributed by atoms with van der Waals surface area (Å²) in [6, 6.07) is 23.2. The predicted octanol–water partition coefficient (Wildman–Crippen LogP) is 1.28. The van der Waals surface area contributed by atoms with Crippen LogP contribution in [-0.4, -0.2) is 5.91 Å². The van der Waals surface area contributed by atoms with Crippen molar-refractivity contribution in [2.45, 2.75) is 32.9 Å². The van der Waals surface area contributed by atoms with E-state index >= 15 is 0 Å². The molecule has 0 aliphatic carbocycles. The van der Waals surface area contributed by atoms with E-state index in [2.05, 4.69) is 89.9 Å². The Morgan fingerprint density at radius 1 is 0.926 bits per heavy atom. The molecule has 0 aliphatic rings. The Kier molecular flexibility index (Phi) is 7.74. The monoisotopic (exact) mass is 424 g/mol. The summed E-state index contributed by atoms with van der Waals surface area (Å²) < 4.78 is 2.18. The molecule has 4 heteroatoms. The first-order chi connectivity index (χ1) is 12.7. The predicted molar refractivity (Wildman–Crippen MR) is 104 cm³/mol. The van der Waals surface area contributed by atoms with Gasteiger partial charge in [-0.2, -0.15) is 0 Å². The van der Waals surface area contributed by atoms with Crippen LogP contribution in [-0.2, 0) is 11.3 Å². The average molecular weight is 425 g/mol. The molecule has 3 aromatic rings. The van der Waals surface area contributed by atoms with Gasteiger partial charge in [-0.1, -0.05) is 61.5 Å². The zero-order chi connectivity index (χ0) is 18.4. The largest absolute Gasteiger partial charge is 1.00 e. The smallest absolute Gasteiger partial charge is 0.217 e. The molecule has 0 aliphatic heterocycles. The first-order valence-corrected chi connectivity index (χ1v) is 9.06. The molecule has 1 heterocycles. The van der Waals surface area contributed by atoms with Gasteiger partial charge in [0.05, 0.1) is 6.04 Å². The number of halogens is 1. The quantitative estimate of drug-likeness (QED) is 0.594. The summed E-state index contributed by atoms with van der Waals surface area (Å²) in [5.74, 6) is 0.00644. The summed E-state index contributed by atoms with van der Waals surface area (Å²) in [7, 11) is 0. The highest BCUT2D eigenvalue weighted by molar-refractivity contribution is 5.73. The molecule has 1 N–H and O–H groups in total. The van der Waals surface area contributed by atoms with Crippen molar-refractivity contribution in [1.29, 1.82) is 0 Å². The van der Waals surface area contributed by atoms with Crippen LogP contribution >= 0.6 is 0 Å². The fourth-order valence-electron chi connectivity index (χ4n) is 3.12. The summed E-state index contributed by atoms with van der Waals surface area (Å²) in [5.41, 5.74) is 4.80. The lowest BCUT2D eigenvalue weighted by atomic mass is 10.00. The minimum Gasteiger partial charge on any atom is -1.00 e. The van der Waals surface area contributed by atoms with Crippen LogP contribution in [0.1, 0.15) is 37.4 Å². The molecule has 1 amide bonds. The maximum atomic E-state index is 11.3. The number of carbonyl (C=O) groups is 1. The van der Waals surface area contributed by atoms with Crippen LogP contribution in [0.15, 0.2) is 79.1 Å². The summed E-state index contributed by atoms with van der Waals surface area (Å²) >= 11 is 0. The molecule has 3 nitrogen and oxygen atoms in total. The molecule has 0 saturated heterocycles. The number of nitrogens with one attached hydrogen (secondary N) is 1. The second-order valence-corrected chi connectivity index (χ2v) is 6.53. The maximum Gasteiger partial charge on any atom is 0.217 e. The SMILES string of the molecule is CCC(NC(C)=O)c1ccc(-c2cc[n+](Cc3ccccc3)cc2)cc1.[Br-]. The Balaban J connectivity index is 0.00000261. The van der Waals surface area contributed by atoms with E-state index in [1.54, 1.807) is 6.92 Å². The minimum atomic E-state index is 0. The van der Waals surface area contributed by atoms with Crippen LogP contribution in [0.3, 0.4) is 0 Å². The van der Waals surface area contributed by atoms with Crippen LogP contribution < -0.4 is 26.9 Å². The Labute approximate surface area is 171 Å². The van der Waals surface area contributed by atoms with Gasteiger partial charge < -0.3 is 22.3 Å². The number of carbonyl (C=O) groups excluding carboxylic acids is 1. The normalized spacial score (nSPS) is 11.3. The zero-order valence-electron chi connectivity index (χ0n) is 15.7. The van der Waals surface area contributed by atoms with Gasteiger partial charge in [-0.25, -0.2) is 4.57 Å². The highest BCUT2D eigenvalue weighted by Gasteiger charge is 2.10. The number of amides is 1. The lowest BCUT2D eigenvalue weighted by Gasteiger charge is -2.16. The highest BCUT2D eigenvalue weighted by atomic mass is 79.9. The van der Waals surface area contributed by atoms with Crippen LogP contribution in [0, 0.1) is 0 Å². The van der Waals surface area contributed by atoms with E-state index in [0.29, 0.717) is 0 Å². The van der Waals surface area contributed by atoms with Crippen LogP contribution in [0.2, 0.25) is 0 Å². The molecular formula is C23H25BrN2O. The van der Waals surface area contributed by atoms with Crippen molar-refractivity contribution in [1.82, 2.24) is 5.32 Å². The third-order valence-corrected chi connectivity index (χ3v) is 4.53. The summed E-state index contributed by atoms with van der Waals surface area (Å²) in [4.78, 5) is 11.3. The molecule has 2 aromatic carbocycles. The first kappa shape index (κ1) is 20.8. The molecule has 1 aromatic heterocycles. The van der Waals surface area contributed by atoms with Crippen molar-refractivity contribution in [3.63, 3.8) is 0 Å². The van der Waals surface area contributed by atoms with E-state index < -0.39 is 0 Å². The van der Waals surface area contributed by atoms with E-state index in [0.717, 1.165) is 18.5 Å². The molecule has 0 saturated carbocycles. The molecule has 3 rings (SSSR count). The number of benzene rings is 2. The van der Waals surface area contributed by atoms with E-state index in [1.165, 1.54) is 16.7 Å². The molecular weight excluding hydrogens is 400 g/mol. The van der Waals surface area contributed by atoms with Crippen molar-refractivity contribution in [3.05, 3.63) is 90.3 Å². The van der Waals surface area contributed by atoms with E-state index in [9.17, 15) is 4.79 Å². The molecule has 0 spiro atoms. The third kappa shape index (κ3) is 5.76. The van der Waals surface area contributed by atoms with Crippen molar-refractivity contribution in [3.8, 4) is 11.1 Å². The first-order valence-electron chi connectivity index (χ1n) is 9.06. The molecule has 0 radical (unpaired) electrons. The molecule has 0 fully saturated rings. The van der Waals surface area contributed by atoms with Crippen molar-refractivity contribution >= 4 is 5.91 Å². The Bertz CT molecular complexity index is 846. The Morgan fingerprint density at radius 3 is 2.07 bits per heavy atom. The van der Waals surface area contributed by atoms with Gasteiger partial charge in [0, 0.05) is 24.6 Å². The molecule has 27 heavy (non-hydrogen) atoms. The number of hydrogen-bond acceptors (Lipinski definition) is 1. The van der Waals surface area contributed by atoms with Crippen LogP contribution in [0.5, 0.6) is 0 Å². The molecule has 140 valence electrons. The number of rotatable bonds is 6. The lowest BCUT2D eigenvalue weighted by molar-refractivity contribution is -0.688. The van der Waals surface area contributed by atoms with Crippen molar-refractivity contribution in [2.75, 3.05) is 0 Å². The van der Waals surface area contributed by atoms with Gasteiger partial charge in [0.2, 0.25) is 5.91 Å². The standard InChI is InChI=1S/C23H24N2O.BrH/c1-3-23(24-18(2)26)22-11-9-20(10-12-22)21-13-15-25(16-14-21)17-19-7-5-4-6-8-19;/h4-16,23H,3,17H2,1-2H3;1H. The van der Waals surface area contributed by atoms with Crippen molar-refractivity contribution in [2.24, 2.45) is 0 Å². The lowest BCUT2D eigenvalue weighted by Crippen LogP contribution is -3.00. The summed E-state index contributed by atoms with van der Waals surface area (Å²) in [6.07, 6.45) is 5.11. The van der Waals surface area contributed by atoms with Gasteiger partial charge in [-0.05, 0) is 23.1 Å².